The molecule has 7 aromatic carbocycles. The lowest BCUT2D eigenvalue weighted by Gasteiger charge is -2.19. The Labute approximate surface area is 250 Å². The van der Waals surface area contributed by atoms with Crippen molar-refractivity contribution in [1.29, 1.82) is 0 Å². The Balaban J connectivity index is 1.41. The van der Waals surface area contributed by atoms with E-state index in [1.54, 1.807) is 6.26 Å². The molecule has 0 fully saturated rings. The van der Waals surface area contributed by atoms with Gasteiger partial charge in [-0.3, -0.25) is 0 Å². The summed E-state index contributed by atoms with van der Waals surface area (Å²) in [5.74, 6) is 0. The monoisotopic (exact) mass is 566 g/mol. The van der Waals surface area contributed by atoms with E-state index in [2.05, 4.69) is 115 Å². The molecule has 0 bridgehead atoms. The molecule has 0 unspecified atom stereocenters. The third-order valence-corrected chi connectivity index (χ3v) is 10.1. The third-order valence-electron chi connectivity index (χ3n) is 8.97. The SMILES string of the molecule is c1cc(-c2c3ccccc3c(-c3cccc4sc5ccccc5c34)c3ccccc23)c2c(c1)oc1ccc3occc3c12. The fraction of sp³-hybridized carbons (Fsp3) is 0. The number of furan rings is 2. The van der Waals surface area contributed by atoms with Crippen LogP contribution < -0.4 is 0 Å². The maximum absolute atomic E-state index is 6.45. The fourth-order valence-corrected chi connectivity index (χ4v) is 8.39. The quantitative estimate of drug-likeness (QED) is 0.195. The van der Waals surface area contributed by atoms with E-state index in [0.717, 1.165) is 32.9 Å². The lowest BCUT2D eigenvalue weighted by atomic mass is 9.84. The molecule has 0 N–H and O–H groups in total. The number of hydrogen-bond donors (Lipinski definition) is 0. The number of benzene rings is 7. The van der Waals surface area contributed by atoms with Gasteiger partial charge in [0.2, 0.25) is 0 Å². The minimum atomic E-state index is 0.867. The topological polar surface area (TPSA) is 26.3 Å². The maximum atomic E-state index is 6.45. The summed E-state index contributed by atoms with van der Waals surface area (Å²) in [5.41, 5.74) is 7.58. The Morgan fingerprint density at radius 2 is 0.930 bits per heavy atom. The largest absolute Gasteiger partial charge is 0.464 e. The molecule has 0 aliphatic rings. The van der Waals surface area contributed by atoms with E-state index in [4.69, 9.17) is 8.83 Å². The molecule has 43 heavy (non-hydrogen) atoms. The van der Waals surface area contributed by atoms with Gasteiger partial charge in [0.25, 0.3) is 0 Å². The van der Waals surface area contributed by atoms with Gasteiger partial charge in [0.1, 0.15) is 16.7 Å². The Morgan fingerprint density at radius 1 is 0.372 bits per heavy atom. The second kappa shape index (κ2) is 8.57. The summed E-state index contributed by atoms with van der Waals surface area (Å²) in [5, 5.41) is 10.9. The van der Waals surface area contributed by atoms with Crippen LogP contribution in [0.3, 0.4) is 0 Å². The molecule has 3 heterocycles. The summed E-state index contributed by atoms with van der Waals surface area (Å²) in [6.45, 7) is 0. The molecule has 3 heteroatoms. The van der Waals surface area contributed by atoms with Crippen LogP contribution in [0.25, 0.3) is 96.9 Å². The number of hydrogen-bond acceptors (Lipinski definition) is 3. The zero-order valence-corrected chi connectivity index (χ0v) is 23.7. The van der Waals surface area contributed by atoms with Crippen molar-refractivity contribution in [3.05, 3.63) is 134 Å². The minimum Gasteiger partial charge on any atom is -0.464 e. The first-order chi connectivity index (χ1) is 21.3. The Kier molecular flexibility index (Phi) is 4.63. The van der Waals surface area contributed by atoms with Crippen LogP contribution in [0, 0.1) is 0 Å². The van der Waals surface area contributed by atoms with Gasteiger partial charge < -0.3 is 8.83 Å². The molecule has 200 valence electrons. The molecule has 0 aliphatic carbocycles. The van der Waals surface area contributed by atoms with Gasteiger partial charge >= 0.3 is 0 Å². The first-order valence-corrected chi connectivity index (χ1v) is 15.3. The van der Waals surface area contributed by atoms with Gasteiger partial charge in [-0.25, -0.2) is 0 Å². The van der Waals surface area contributed by atoms with Crippen LogP contribution in [-0.4, -0.2) is 0 Å². The van der Waals surface area contributed by atoms with Crippen molar-refractivity contribution >= 4 is 86.0 Å². The molecule has 0 amide bonds. The molecule has 2 nitrogen and oxygen atoms in total. The summed E-state index contributed by atoms with van der Waals surface area (Å²) in [7, 11) is 0. The van der Waals surface area contributed by atoms with Crippen LogP contribution in [0.15, 0.2) is 142 Å². The lowest BCUT2D eigenvalue weighted by Crippen LogP contribution is -1.91. The average Bonchev–Trinajstić information content (AvgIpc) is 3.78. The Hall–Kier alpha value is -5.38. The van der Waals surface area contributed by atoms with E-state index in [9.17, 15) is 0 Å². The van der Waals surface area contributed by atoms with Crippen molar-refractivity contribution < 1.29 is 8.83 Å². The second-order valence-corrected chi connectivity index (χ2v) is 12.3. The van der Waals surface area contributed by atoms with Crippen molar-refractivity contribution in [3.8, 4) is 22.3 Å². The highest BCUT2D eigenvalue weighted by molar-refractivity contribution is 7.25. The van der Waals surface area contributed by atoms with Crippen LogP contribution in [0.1, 0.15) is 0 Å². The molecule has 0 radical (unpaired) electrons. The van der Waals surface area contributed by atoms with Crippen LogP contribution in [-0.2, 0) is 0 Å². The van der Waals surface area contributed by atoms with E-state index in [1.165, 1.54) is 64.0 Å². The number of thiophene rings is 1. The van der Waals surface area contributed by atoms with E-state index in [1.807, 2.05) is 23.5 Å². The molecule has 10 rings (SSSR count). The van der Waals surface area contributed by atoms with Gasteiger partial charge in [0, 0.05) is 36.3 Å². The highest BCUT2D eigenvalue weighted by Gasteiger charge is 2.22. The van der Waals surface area contributed by atoms with Gasteiger partial charge in [0.05, 0.1) is 6.26 Å². The summed E-state index contributed by atoms with van der Waals surface area (Å²) in [4.78, 5) is 0. The van der Waals surface area contributed by atoms with Crippen LogP contribution in [0.4, 0.5) is 0 Å². The molecular weight excluding hydrogens is 545 g/mol. The normalized spacial score (nSPS) is 12.2. The smallest absolute Gasteiger partial charge is 0.136 e. The zero-order valence-electron chi connectivity index (χ0n) is 22.9. The van der Waals surface area contributed by atoms with Crippen LogP contribution >= 0.6 is 11.3 Å². The van der Waals surface area contributed by atoms with Gasteiger partial charge in [-0.1, -0.05) is 91.0 Å². The summed E-state index contributed by atoms with van der Waals surface area (Å²) in [6, 6.07) is 45.8. The average molecular weight is 567 g/mol. The molecule has 0 aliphatic heterocycles. The van der Waals surface area contributed by atoms with Gasteiger partial charge in [-0.05, 0) is 80.2 Å². The summed E-state index contributed by atoms with van der Waals surface area (Å²) < 4.78 is 14.9. The Bertz CT molecular complexity index is 2680. The highest BCUT2D eigenvalue weighted by atomic mass is 32.1. The van der Waals surface area contributed by atoms with E-state index in [0.29, 0.717) is 0 Å². The third kappa shape index (κ3) is 3.12. The van der Waals surface area contributed by atoms with E-state index < -0.39 is 0 Å². The fourth-order valence-electron chi connectivity index (χ4n) is 7.26. The van der Waals surface area contributed by atoms with Crippen molar-refractivity contribution in [2.45, 2.75) is 0 Å². The minimum absolute atomic E-state index is 0.867. The highest BCUT2D eigenvalue weighted by Crippen LogP contribution is 2.50. The first-order valence-electron chi connectivity index (χ1n) is 14.5. The van der Waals surface area contributed by atoms with E-state index in [-0.39, 0.29) is 0 Å². The lowest BCUT2D eigenvalue weighted by molar-refractivity contribution is 0.615. The summed E-state index contributed by atoms with van der Waals surface area (Å²) in [6.07, 6.45) is 1.76. The van der Waals surface area contributed by atoms with Crippen LogP contribution in [0.2, 0.25) is 0 Å². The molecule has 0 spiro atoms. The number of rotatable bonds is 2. The predicted molar refractivity (Wildman–Crippen MR) is 182 cm³/mol. The number of fused-ring (bicyclic) bond motifs is 10. The van der Waals surface area contributed by atoms with Crippen molar-refractivity contribution in [2.75, 3.05) is 0 Å². The van der Waals surface area contributed by atoms with Crippen LogP contribution in [0.5, 0.6) is 0 Å². The molecule has 10 aromatic rings. The van der Waals surface area contributed by atoms with Crippen molar-refractivity contribution in [3.63, 3.8) is 0 Å². The second-order valence-electron chi connectivity index (χ2n) is 11.2. The standard InChI is InChI=1S/C40H22O2S/c1-3-11-25-23(9-1)36(29-15-8-18-35-38(29)28-13-5-6-17-34(28)43-35)24-10-2-4-12-26(24)37(25)30-14-7-16-32-40(30)39-27-21-22-41-31(27)19-20-33(39)42-32/h1-22H. The van der Waals surface area contributed by atoms with E-state index >= 15 is 0 Å². The summed E-state index contributed by atoms with van der Waals surface area (Å²) >= 11 is 1.87. The molecule has 0 saturated carbocycles. The predicted octanol–water partition coefficient (Wildman–Crippen LogP) is 12.3. The van der Waals surface area contributed by atoms with Crippen molar-refractivity contribution in [1.82, 2.24) is 0 Å². The van der Waals surface area contributed by atoms with Gasteiger partial charge in [-0.2, -0.15) is 0 Å². The molecule has 0 saturated heterocycles. The van der Waals surface area contributed by atoms with Crippen molar-refractivity contribution in [2.24, 2.45) is 0 Å². The first kappa shape index (κ1) is 23.2. The molecule has 0 atom stereocenters. The Morgan fingerprint density at radius 3 is 1.65 bits per heavy atom. The molecule has 3 aromatic heterocycles. The van der Waals surface area contributed by atoms with Gasteiger partial charge in [0.15, 0.2) is 0 Å². The molecular formula is C40H22O2S. The van der Waals surface area contributed by atoms with Gasteiger partial charge in [-0.15, -0.1) is 11.3 Å². The maximum Gasteiger partial charge on any atom is 0.136 e. The zero-order chi connectivity index (χ0) is 28.1.